The van der Waals surface area contributed by atoms with Crippen LogP contribution in [0.2, 0.25) is 0 Å². The van der Waals surface area contributed by atoms with E-state index < -0.39 is 11.6 Å². The topological polar surface area (TPSA) is 79.4 Å². The molecule has 116 valence electrons. The predicted octanol–water partition coefficient (Wildman–Crippen LogP) is 3.02. The van der Waals surface area contributed by atoms with E-state index in [9.17, 15) is 14.7 Å². The van der Waals surface area contributed by atoms with Gasteiger partial charge in [-0.05, 0) is 18.4 Å². The summed E-state index contributed by atoms with van der Waals surface area (Å²) in [5.41, 5.74) is 2.28. The summed E-state index contributed by atoms with van der Waals surface area (Å²) in [5.74, 6) is -1.03. The summed E-state index contributed by atoms with van der Waals surface area (Å²) >= 11 is 0. The Morgan fingerprint density at radius 1 is 1.41 bits per heavy atom. The second-order valence-electron chi connectivity index (χ2n) is 5.70. The summed E-state index contributed by atoms with van der Waals surface area (Å²) in [4.78, 5) is 26.9. The van der Waals surface area contributed by atoms with Crippen LogP contribution in [-0.2, 0) is 21.6 Å². The molecule has 1 aliphatic heterocycles. The maximum Gasteiger partial charge on any atom is 0.306 e. The smallest absolute Gasteiger partial charge is 0.306 e. The minimum Gasteiger partial charge on any atom is -0.481 e. The van der Waals surface area contributed by atoms with Crippen molar-refractivity contribution in [2.75, 3.05) is 6.61 Å². The number of ether oxygens (including phenoxy) is 1. The lowest BCUT2D eigenvalue weighted by Gasteiger charge is -2.34. The number of rotatable bonds is 4. The first-order valence-corrected chi connectivity index (χ1v) is 7.55. The summed E-state index contributed by atoms with van der Waals surface area (Å²) < 4.78 is 5.71. The van der Waals surface area contributed by atoms with Crippen molar-refractivity contribution in [2.24, 2.45) is 0 Å². The molecule has 22 heavy (non-hydrogen) atoms. The highest BCUT2D eigenvalue weighted by atomic mass is 16.5. The van der Waals surface area contributed by atoms with Gasteiger partial charge in [0.25, 0.3) is 0 Å². The van der Waals surface area contributed by atoms with E-state index in [0.717, 1.165) is 22.9 Å². The third kappa shape index (κ3) is 2.04. The van der Waals surface area contributed by atoms with Crippen molar-refractivity contribution in [1.29, 1.82) is 0 Å². The molecule has 2 N–H and O–H groups in total. The molecule has 0 saturated heterocycles. The molecule has 0 aliphatic carbocycles. The number of fused-ring (bicyclic) bond motifs is 3. The van der Waals surface area contributed by atoms with E-state index in [1.807, 2.05) is 25.1 Å². The van der Waals surface area contributed by atoms with E-state index in [2.05, 4.69) is 11.9 Å². The summed E-state index contributed by atoms with van der Waals surface area (Å²) in [7, 11) is 0. The zero-order valence-corrected chi connectivity index (χ0v) is 12.7. The molecule has 0 fully saturated rings. The molecule has 5 nitrogen and oxygen atoms in total. The maximum atomic E-state index is 12.4. The van der Waals surface area contributed by atoms with E-state index in [-0.39, 0.29) is 18.8 Å². The number of hydrogen-bond acceptors (Lipinski definition) is 3. The van der Waals surface area contributed by atoms with Gasteiger partial charge in [-0.2, -0.15) is 0 Å². The number of carbonyl (C=O) groups excluding carboxylic acids is 1. The molecule has 2 aromatic rings. The molecule has 0 unspecified atom stereocenters. The van der Waals surface area contributed by atoms with Crippen LogP contribution in [0.1, 0.15) is 48.3 Å². The van der Waals surface area contributed by atoms with E-state index in [4.69, 9.17) is 4.74 Å². The maximum absolute atomic E-state index is 12.4. The van der Waals surface area contributed by atoms with Crippen molar-refractivity contribution in [2.45, 2.75) is 38.7 Å². The van der Waals surface area contributed by atoms with E-state index in [1.54, 1.807) is 0 Å². The molecule has 1 atom stereocenters. The van der Waals surface area contributed by atoms with Crippen molar-refractivity contribution in [3.05, 3.63) is 35.0 Å². The Balaban J connectivity index is 2.31. The number of carboxylic acids is 1. The molecular formula is C17H19NO4. The summed E-state index contributed by atoms with van der Waals surface area (Å²) in [6.07, 6.45) is 1.18. The number of H-pyrrole nitrogens is 1. The van der Waals surface area contributed by atoms with Crippen molar-refractivity contribution in [3.8, 4) is 0 Å². The summed E-state index contributed by atoms with van der Waals surface area (Å²) in [6.45, 7) is 3.86. The van der Waals surface area contributed by atoms with Crippen LogP contribution < -0.4 is 0 Å². The van der Waals surface area contributed by atoms with Crippen LogP contribution in [-0.4, -0.2) is 28.4 Å². The Morgan fingerprint density at radius 3 is 2.82 bits per heavy atom. The highest BCUT2D eigenvalue weighted by Gasteiger charge is 2.43. The Morgan fingerprint density at radius 2 is 2.18 bits per heavy atom. The molecule has 0 amide bonds. The van der Waals surface area contributed by atoms with Crippen molar-refractivity contribution >= 4 is 22.7 Å². The number of ketones is 1. The predicted molar refractivity (Wildman–Crippen MR) is 82.2 cm³/mol. The van der Waals surface area contributed by atoms with Gasteiger partial charge >= 0.3 is 5.97 Å². The average molecular weight is 301 g/mol. The lowest BCUT2D eigenvalue weighted by molar-refractivity contribution is -0.147. The van der Waals surface area contributed by atoms with Crippen molar-refractivity contribution in [3.63, 3.8) is 0 Å². The summed E-state index contributed by atoms with van der Waals surface area (Å²) in [6, 6.07) is 5.86. The van der Waals surface area contributed by atoms with Gasteiger partial charge in [-0.3, -0.25) is 9.59 Å². The van der Waals surface area contributed by atoms with Crippen LogP contribution in [0, 0.1) is 0 Å². The van der Waals surface area contributed by atoms with Gasteiger partial charge in [-0.1, -0.05) is 32.0 Å². The van der Waals surface area contributed by atoms with Gasteiger partial charge in [0, 0.05) is 10.9 Å². The van der Waals surface area contributed by atoms with Crippen LogP contribution in [0.5, 0.6) is 0 Å². The highest BCUT2D eigenvalue weighted by Crippen LogP contribution is 2.42. The van der Waals surface area contributed by atoms with Crippen LogP contribution in [0.3, 0.4) is 0 Å². The molecule has 0 saturated carbocycles. The Labute approximate surface area is 128 Å². The quantitative estimate of drug-likeness (QED) is 0.909. The lowest BCUT2D eigenvalue weighted by atomic mass is 9.86. The highest BCUT2D eigenvalue weighted by molar-refractivity contribution is 6.11. The van der Waals surface area contributed by atoms with Gasteiger partial charge in [-0.15, -0.1) is 0 Å². The summed E-state index contributed by atoms with van der Waals surface area (Å²) in [5, 5.41) is 10.1. The number of aromatic nitrogens is 1. The fourth-order valence-electron chi connectivity index (χ4n) is 3.34. The number of benzene rings is 1. The van der Waals surface area contributed by atoms with Gasteiger partial charge in [0.1, 0.15) is 12.2 Å². The van der Waals surface area contributed by atoms with E-state index in [0.29, 0.717) is 17.7 Å². The Hall–Kier alpha value is -2.14. The normalized spacial score (nSPS) is 21.1. The number of Topliss-reactive ketones (excluding diaryl/α,β-unsaturated/α-hetero) is 1. The molecule has 3 rings (SSSR count). The number of aryl methyl sites for hydroxylation is 1. The lowest BCUT2D eigenvalue weighted by Crippen LogP contribution is -2.39. The van der Waals surface area contributed by atoms with E-state index in [1.165, 1.54) is 0 Å². The van der Waals surface area contributed by atoms with Gasteiger partial charge in [0.05, 0.1) is 17.7 Å². The van der Waals surface area contributed by atoms with Gasteiger partial charge in [0.15, 0.2) is 5.78 Å². The number of nitrogens with one attached hydrogen (secondary N) is 1. The third-order valence-electron chi connectivity index (χ3n) is 4.52. The molecule has 1 aliphatic rings. The second kappa shape index (κ2) is 5.25. The number of carboxylic acid groups (broad SMARTS) is 1. The molecule has 1 aromatic heterocycles. The first-order valence-electron chi connectivity index (χ1n) is 7.55. The first kappa shape index (κ1) is 14.8. The zero-order chi connectivity index (χ0) is 15.9. The molecule has 2 heterocycles. The molecule has 5 heteroatoms. The monoisotopic (exact) mass is 301 g/mol. The SMILES string of the molecule is CCc1cccc2c3c([nH]c12)[C@@](CC)(CC(=O)O)OCC3=O. The molecule has 1 aromatic carbocycles. The van der Waals surface area contributed by atoms with E-state index >= 15 is 0 Å². The third-order valence-corrected chi connectivity index (χ3v) is 4.52. The second-order valence-corrected chi connectivity index (χ2v) is 5.70. The number of aliphatic carboxylic acids is 1. The van der Waals surface area contributed by atoms with Crippen LogP contribution in [0.15, 0.2) is 18.2 Å². The molecule has 0 spiro atoms. The van der Waals surface area contributed by atoms with Crippen LogP contribution in [0.4, 0.5) is 0 Å². The minimum absolute atomic E-state index is 0.0720. The molecule has 0 bridgehead atoms. The Kier molecular flexibility index (Phi) is 3.53. The number of para-hydroxylation sites is 1. The van der Waals surface area contributed by atoms with Gasteiger partial charge in [-0.25, -0.2) is 0 Å². The molecule has 0 radical (unpaired) electrons. The average Bonchev–Trinajstić information content (AvgIpc) is 2.90. The Bertz CT molecular complexity index is 761. The van der Waals surface area contributed by atoms with Crippen molar-refractivity contribution in [1.82, 2.24) is 4.98 Å². The number of carbonyl (C=O) groups is 2. The fraction of sp³-hybridized carbons (Fsp3) is 0.412. The number of aromatic amines is 1. The number of hydrogen-bond donors (Lipinski definition) is 2. The largest absolute Gasteiger partial charge is 0.481 e. The molecular weight excluding hydrogens is 282 g/mol. The first-order chi connectivity index (χ1) is 10.5. The zero-order valence-electron chi connectivity index (χ0n) is 12.7. The van der Waals surface area contributed by atoms with Crippen LogP contribution >= 0.6 is 0 Å². The van der Waals surface area contributed by atoms with Gasteiger partial charge in [0.2, 0.25) is 0 Å². The minimum atomic E-state index is -0.959. The standard InChI is InChI=1S/C17H19NO4/c1-3-10-6-5-7-11-14-12(19)9-22-17(4-2,8-13(20)21)16(14)18-15(10)11/h5-7,18H,3-4,8-9H2,1-2H3,(H,20,21)/t17-/m1/s1. The van der Waals surface area contributed by atoms with Gasteiger partial charge < -0.3 is 14.8 Å². The van der Waals surface area contributed by atoms with Crippen LogP contribution in [0.25, 0.3) is 10.9 Å². The van der Waals surface area contributed by atoms with Crippen molar-refractivity contribution < 1.29 is 19.4 Å². The fourth-order valence-corrected chi connectivity index (χ4v) is 3.34.